The number of carbonyl (C=O) groups excluding carboxylic acids is 2. The quantitative estimate of drug-likeness (QED) is 0.879. The molecule has 1 atom stereocenters. The second-order valence-electron chi connectivity index (χ2n) is 6.12. The molecule has 1 saturated heterocycles. The van der Waals surface area contributed by atoms with Crippen LogP contribution in [0.3, 0.4) is 0 Å². The largest absolute Gasteiger partial charge is 0.343 e. The average molecular weight is 342 g/mol. The van der Waals surface area contributed by atoms with Crippen molar-refractivity contribution in [1.29, 1.82) is 0 Å². The maximum Gasteiger partial charge on any atom is 0.249 e. The van der Waals surface area contributed by atoms with Crippen molar-refractivity contribution in [3.63, 3.8) is 0 Å². The van der Waals surface area contributed by atoms with Crippen LogP contribution in [-0.2, 0) is 9.59 Å². The molecule has 0 bridgehead atoms. The molecule has 2 amide bonds. The Bertz CT molecular complexity index is 605. The first-order valence-corrected chi connectivity index (χ1v) is 7.67. The number of nitrogens with zero attached hydrogens (tertiary/aromatic N) is 1. The van der Waals surface area contributed by atoms with Crippen LogP contribution in [-0.4, -0.2) is 29.9 Å². The molecule has 126 valence electrons. The Labute approximate surface area is 140 Å². The molecule has 7 heteroatoms. The maximum atomic E-state index is 13.8. The van der Waals surface area contributed by atoms with Gasteiger partial charge < -0.3 is 16.0 Å². The first kappa shape index (κ1) is 17.7. The van der Waals surface area contributed by atoms with Gasteiger partial charge in [0.2, 0.25) is 11.8 Å². The molecule has 2 fully saturated rings. The van der Waals surface area contributed by atoms with Crippen LogP contribution in [0.1, 0.15) is 32.1 Å². The van der Waals surface area contributed by atoms with Gasteiger partial charge in [-0.3, -0.25) is 9.59 Å². The normalized spacial score (nSPS) is 22.8. The van der Waals surface area contributed by atoms with E-state index in [1.54, 1.807) is 18.2 Å². The van der Waals surface area contributed by atoms with Gasteiger partial charge in [0.05, 0.1) is 11.2 Å². The molecule has 1 heterocycles. The minimum absolute atomic E-state index is 0. The molecule has 0 radical (unpaired) electrons. The van der Waals surface area contributed by atoms with Crippen LogP contribution in [0.25, 0.3) is 0 Å². The van der Waals surface area contributed by atoms with Gasteiger partial charge in [-0.15, -0.1) is 12.4 Å². The van der Waals surface area contributed by atoms with Crippen LogP contribution in [0.15, 0.2) is 24.3 Å². The Morgan fingerprint density at radius 1 is 1.30 bits per heavy atom. The van der Waals surface area contributed by atoms with Crippen molar-refractivity contribution in [3.8, 4) is 0 Å². The summed E-state index contributed by atoms with van der Waals surface area (Å²) in [6.07, 6.45) is 3.64. The summed E-state index contributed by atoms with van der Waals surface area (Å²) >= 11 is 0. The molecule has 1 aliphatic carbocycles. The number of nitrogens with one attached hydrogen (secondary N) is 1. The molecule has 0 aromatic heterocycles. The van der Waals surface area contributed by atoms with Crippen LogP contribution in [0, 0.1) is 5.82 Å². The fourth-order valence-corrected chi connectivity index (χ4v) is 3.26. The predicted molar refractivity (Wildman–Crippen MR) is 87.9 cm³/mol. The summed E-state index contributed by atoms with van der Waals surface area (Å²) in [7, 11) is 0. The fourth-order valence-electron chi connectivity index (χ4n) is 3.26. The van der Waals surface area contributed by atoms with Gasteiger partial charge in [0.15, 0.2) is 0 Å². The van der Waals surface area contributed by atoms with Gasteiger partial charge in [-0.2, -0.15) is 0 Å². The van der Waals surface area contributed by atoms with Crippen LogP contribution in [0.4, 0.5) is 10.1 Å². The van der Waals surface area contributed by atoms with Crippen molar-refractivity contribution in [2.45, 2.75) is 43.7 Å². The molecule has 1 aromatic rings. The number of carbonyl (C=O) groups is 2. The highest BCUT2D eigenvalue weighted by Crippen LogP contribution is 2.29. The summed E-state index contributed by atoms with van der Waals surface area (Å²) in [5.74, 6) is -0.979. The molecule has 0 spiro atoms. The second kappa shape index (κ2) is 6.84. The monoisotopic (exact) mass is 341 g/mol. The van der Waals surface area contributed by atoms with Crippen molar-refractivity contribution in [1.82, 2.24) is 5.32 Å². The zero-order valence-electron chi connectivity index (χ0n) is 12.8. The lowest BCUT2D eigenvalue weighted by Crippen LogP contribution is -2.55. The number of amides is 2. The highest BCUT2D eigenvalue weighted by molar-refractivity contribution is 6.02. The van der Waals surface area contributed by atoms with Crippen molar-refractivity contribution < 1.29 is 14.0 Å². The van der Waals surface area contributed by atoms with Crippen molar-refractivity contribution >= 4 is 29.9 Å². The minimum atomic E-state index is -0.855. The van der Waals surface area contributed by atoms with Crippen LogP contribution >= 0.6 is 12.4 Å². The van der Waals surface area contributed by atoms with E-state index in [-0.39, 0.29) is 29.9 Å². The van der Waals surface area contributed by atoms with Gasteiger partial charge in [-0.25, -0.2) is 4.39 Å². The number of para-hydroxylation sites is 1. The van der Waals surface area contributed by atoms with E-state index in [0.29, 0.717) is 25.8 Å². The zero-order chi connectivity index (χ0) is 15.7. The van der Waals surface area contributed by atoms with Gasteiger partial charge in [0, 0.05) is 6.54 Å². The second-order valence-corrected chi connectivity index (χ2v) is 6.12. The number of anilines is 1. The van der Waals surface area contributed by atoms with Crippen LogP contribution in [0.2, 0.25) is 0 Å². The van der Waals surface area contributed by atoms with Gasteiger partial charge in [0.1, 0.15) is 11.9 Å². The Morgan fingerprint density at radius 3 is 2.61 bits per heavy atom. The number of hydrogen-bond donors (Lipinski definition) is 2. The van der Waals surface area contributed by atoms with Crippen molar-refractivity contribution in [3.05, 3.63) is 30.1 Å². The number of hydrogen-bond acceptors (Lipinski definition) is 3. The molecular formula is C16H21ClFN3O2. The SMILES string of the molecule is Cl.NC1(C(=O)NC2CCN(c3ccccc3F)C2=O)CCCC1. The van der Waals surface area contributed by atoms with E-state index in [2.05, 4.69) is 5.32 Å². The van der Waals surface area contributed by atoms with Crippen LogP contribution < -0.4 is 16.0 Å². The first-order chi connectivity index (χ1) is 10.5. The third-order valence-corrected chi connectivity index (χ3v) is 4.60. The summed E-state index contributed by atoms with van der Waals surface area (Å²) in [4.78, 5) is 26.1. The number of rotatable bonds is 3. The smallest absolute Gasteiger partial charge is 0.249 e. The molecule has 1 aromatic carbocycles. The van der Waals surface area contributed by atoms with E-state index in [4.69, 9.17) is 5.73 Å². The van der Waals surface area contributed by atoms with Gasteiger partial charge in [-0.05, 0) is 31.4 Å². The summed E-state index contributed by atoms with van der Waals surface area (Å²) in [6.45, 7) is 0.391. The fraction of sp³-hybridized carbons (Fsp3) is 0.500. The lowest BCUT2D eigenvalue weighted by atomic mass is 9.97. The van der Waals surface area contributed by atoms with Gasteiger partial charge in [0.25, 0.3) is 0 Å². The Kier molecular flexibility index (Phi) is 5.26. The standard InChI is InChI=1S/C16H20FN3O2.ClH/c17-11-5-1-2-6-13(11)20-10-7-12(14(20)21)19-15(22)16(18)8-3-4-9-16;/h1-2,5-6,12H,3-4,7-10,18H2,(H,19,22);1H. The average Bonchev–Trinajstić information content (AvgIpc) is 3.09. The molecule has 23 heavy (non-hydrogen) atoms. The summed E-state index contributed by atoms with van der Waals surface area (Å²) < 4.78 is 13.8. The summed E-state index contributed by atoms with van der Waals surface area (Å²) in [6, 6.07) is 5.54. The van der Waals surface area contributed by atoms with E-state index in [9.17, 15) is 14.0 Å². The number of nitrogens with two attached hydrogens (primary N) is 1. The van der Waals surface area contributed by atoms with Crippen molar-refractivity contribution in [2.75, 3.05) is 11.4 Å². The third kappa shape index (κ3) is 3.33. The first-order valence-electron chi connectivity index (χ1n) is 7.67. The minimum Gasteiger partial charge on any atom is -0.343 e. The lowest BCUT2D eigenvalue weighted by molar-refractivity contribution is -0.130. The molecule has 1 unspecified atom stereocenters. The van der Waals surface area contributed by atoms with E-state index in [1.807, 2.05) is 0 Å². The summed E-state index contributed by atoms with van der Waals surface area (Å²) in [5, 5.41) is 2.75. The Hall–Kier alpha value is -1.66. The molecule has 2 aliphatic rings. The Balaban J connectivity index is 0.00000192. The lowest BCUT2D eigenvalue weighted by Gasteiger charge is -2.24. The maximum absolute atomic E-state index is 13.8. The van der Waals surface area contributed by atoms with Gasteiger partial charge in [-0.1, -0.05) is 25.0 Å². The molecule has 5 nitrogen and oxygen atoms in total. The topological polar surface area (TPSA) is 75.4 Å². The van der Waals surface area contributed by atoms with E-state index >= 15 is 0 Å². The van der Waals surface area contributed by atoms with E-state index in [1.165, 1.54) is 11.0 Å². The number of halogens is 2. The number of benzene rings is 1. The predicted octanol–water partition coefficient (Wildman–Crippen LogP) is 1.74. The van der Waals surface area contributed by atoms with Crippen LogP contribution in [0.5, 0.6) is 0 Å². The molecule has 1 aliphatic heterocycles. The molecule has 3 N–H and O–H groups in total. The highest BCUT2D eigenvalue weighted by atomic mass is 35.5. The summed E-state index contributed by atoms with van der Waals surface area (Å²) in [5.41, 5.74) is 5.50. The zero-order valence-corrected chi connectivity index (χ0v) is 13.6. The highest BCUT2D eigenvalue weighted by Gasteiger charge is 2.41. The molecule has 1 saturated carbocycles. The van der Waals surface area contributed by atoms with E-state index < -0.39 is 17.4 Å². The third-order valence-electron chi connectivity index (χ3n) is 4.60. The van der Waals surface area contributed by atoms with E-state index in [0.717, 1.165) is 12.8 Å². The Morgan fingerprint density at radius 2 is 1.96 bits per heavy atom. The van der Waals surface area contributed by atoms with Crippen molar-refractivity contribution in [2.24, 2.45) is 5.73 Å². The molecular weight excluding hydrogens is 321 g/mol. The molecule has 3 rings (SSSR count). The van der Waals surface area contributed by atoms with Gasteiger partial charge >= 0.3 is 0 Å².